The topological polar surface area (TPSA) is 88.5 Å². The molecule has 0 spiro atoms. The summed E-state index contributed by atoms with van der Waals surface area (Å²) in [6, 6.07) is 17.2. The Hall–Kier alpha value is -3.67. The largest absolute Gasteiger partial charge is 0.481 e. The average Bonchev–Trinajstić information content (AvgIpc) is 3.06. The minimum absolute atomic E-state index is 0.0521. The molecule has 0 radical (unpaired) electrons. The van der Waals surface area contributed by atoms with E-state index in [9.17, 15) is 14.7 Å². The molecule has 1 aliphatic carbocycles. The molecule has 1 atom stereocenters. The lowest BCUT2D eigenvalue weighted by molar-refractivity contribution is -0.137. The van der Waals surface area contributed by atoms with Crippen molar-refractivity contribution in [3.8, 4) is 11.1 Å². The van der Waals surface area contributed by atoms with Crippen LogP contribution in [0.25, 0.3) is 11.1 Å². The standard InChI is InChI=1S/C24H22N2O4/c1-15-13-25-11-10-16(15)22(12-23(27)28)26-24(29)30-14-21-19-8-4-2-6-17(19)18-7-3-5-9-20(18)21/h2-11,13,21-22H,12,14H2,1H3,(H,26,29)(H,27,28). The first-order valence-electron chi connectivity index (χ1n) is 9.78. The van der Waals surface area contributed by atoms with Crippen molar-refractivity contribution in [2.75, 3.05) is 6.61 Å². The predicted octanol–water partition coefficient (Wildman–Crippen LogP) is 4.44. The first-order valence-corrected chi connectivity index (χ1v) is 9.78. The molecule has 6 nitrogen and oxygen atoms in total. The number of benzene rings is 2. The van der Waals surface area contributed by atoms with Gasteiger partial charge in [0.25, 0.3) is 0 Å². The van der Waals surface area contributed by atoms with Crippen LogP contribution in [0.4, 0.5) is 4.79 Å². The van der Waals surface area contributed by atoms with Gasteiger partial charge in [-0.05, 0) is 46.4 Å². The number of aliphatic carboxylic acids is 1. The molecule has 152 valence electrons. The van der Waals surface area contributed by atoms with Crippen molar-refractivity contribution in [2.45, 2.75) is 25.3 Å². The minimum Gasteiger partial charge on any atom is -0.481 e. The molecular weight excluding hydrogens is 380 g/mol. The first-order chi connectivity index (χ1) is 14.5. The Morgan fingerprint density at radius 2 is 1.70 bits per heavy atom. The van der Waals surface area contributed by atoms with E-state index in [-0.39, 0.29) is 18.9 Å². The molecule has 30 heavy (non-hydrogen) atoms. The second-order valence-corrected chi connectivity index (χ2v) is 7.35. The van der Waals surface area contributed by atoms with E-state index in [2.05, 4.69) is 34.6 Å². The Balaban J connectivity index is 1.49. The minimum atomic E-state index is -1.00. The number of hydrogen-bond acceptors (Lipinski definition) is 4. The number of aromatic nitrogens is 1. The molecule has 1 aliphatic rings. The number of carboxylic acid groups (broad SMARTS) is 1. The summed E-state index contributed by atoms with van der Waals surface area (Å²) in [5.41, 5.74) is 6.07. The summed E-state index contributed by atoms with van der Waals surface area (Å²) in [6.07, 6.45) is 2.34. The Morgan fingerprint density at radius 1 is 1.07 bits per heavy atom. The average molecular weight is 402 g/mol. The van der Waals surface area contributed by atoms with E-state index < -0.39 is 18.1 Å². The molecule has 0 fully saturated rings. The van der Waals surface area contributed by atoms with Crippen LogP contribution >= 0.6 is 0 Å². The third-order valence-electron chi connectivity index (χ3n) is 5.45. The van der Waals surface area contributed by atoms with E-state index >= 15 is 0 Å². The highest BCUT2D eigenvalue weighted by molar-refractivity contribution is 5.79. The summed E-state index contributed by atoms with van der Waals surface area (Å²) in [6.45, 7) is 2.01. The summed E-state index contributed by atoms with van der Waals surface area (Å²) in [5, 5.41) is 12.0. The fourth-order valence-corrected chi connectivity index (χ4v) is 4.07. The van der Waals surface area contributed by atoms with E-state index in [4.69, 9.17) is 4.74 Å². The van der Waals surface area contributed by atoms with Gasteiger partial charge >= 0.3 is 12.1 Å². The molecule has 0 aliphatic heterocycles. The molecule has 0 saturated carbocycles. The number of rotatable bonds is 6. The fraction of sp³-hybridized carbons (Fsp3) is 0.208. The number of nitrogens with one attached hydrogen (secondary N) is 1. The Bertz CT molecular complexity index is 1050. The van der Waals surface area contributed by atoms with Gasteiger partial charge in [-0.3, -0.25) is 9.78 Å². The zero-order valence-electron chi connectivity index (χ0n) is 16.5. The second-order valence-electron chi connectivity index (χ2n) is 7.35. The third-order valence-corrected chi connectivity index (χ3v) is 5.45. The molecule has 2 aromatic carbocycles. The highest BCUT2D eigenvalue weighted by Crippen LogP contribution is 2.44. The van der Waals surface area contributed by atoms with Gasteiger partial charge in [-0.15, -0.1) is 0 Å². The number of fused-ring (bicyclic) bond motifs is 3. The fourth-order valence-electron chi connectivity index (χ4n) is 4.07. The van der Waals surface area contributed by atoms with Gasteiger partial charge in [-0.25, -0.2) is 4.79 Å². The van der Waals surface area contributed by atoms with Gasteiger partial charge in [-0.2, -0.15) is 0 Å². The van der Waals surface area contributed by atoms with Crippen molar-refractivity contribution in [3.63, 3.8) is 0 Å². The molecule has 3 aromatic rings. The number of carbonyl (C=O) groups is 2. The predicted molar refractivity (Wildman–Crippen MR) is 112 cm³/mol. The van der Waals surface area contributed by atoms with Crippen molar-refractivity contribution in [3.05, 3.63) is 89.2 Å². The molecule has 1 aromatic heterocycles. The molecule has 1 amide bonds. The van der Waals surface area contributed by atoms with Crippen molar-refractivity contribution in [2.24, 2.45) is 0 Å². The van der Waals surface area contributed by atoms with Crippen molar-refractivity contribution in [1.82, 2.24) is 10.3 Å². The van der Waals surface area contributed by atoms with Gasteiger partial charge in [0, 0.05) is 18.3 Å². The van der Waals surface area contributed by atoms with Gasteiger partial charge in [-0.1, -0.05) is 48.5 Å². The molecule has 0 bridgehead atoms. The maximum atomic E-state index is 12.6. The maximum absolute atomic E-state index is 12.6. The van der Waals surface area contributed by atoms with Crippen LogP contribution < -0.4 is 5.32 Å². The highest BCUT2D eigenvalue weighted by Gasteiger charge is 2.29. The van der Waals surface area contributed by atoms with E-state index in [0.717, 1.165) is 27.8 Å². The van der Waals surface area contributed by atoms with Crippen LogP contribution in [0.2, 0.25) is 0 Å². The SMILES string of the molecule is Cc1cnccc1C(CC(=O)O)NC(=O)OCC1c2ccccc2-c2ccccc21. The maximum Gasteiger partial charge on any atom is 0.407 e. The number of pyridine rings is 1. The van der Waals surface area contributed by atoms with Gasteiger partial charge in [0.2, 0.25) is 0 Å². The number of nitrogens with zero attached hydrogens (tertiary/aromatic N) is 1. The molecular formula is C24H22N2O4. The van der Waals surface area contributed by atoms with Crippen LogP contribution in [-0.4, -0.2) is 28.8 Å². The van der Waals surface area contributed by atoms with Crippen LogP contribution in [0, 0.1) is 6.92 Å². The highest BCUT2D eigenvalue weighted by atomic mass is 16.5. The lowest BCUT2D eigenvalue weighted by atomic mass is 9.98. The van der Waals surface area contributed by atoms with E-state index in [1.165, 1.54) is 0 Å². The number of alkyl carbamates (subject to hydrolysis) is 1. The number of amides is 1. The summed E-state index contributed by atoms with van der Waals surface area (Å²) < 4.78 is 5.55. The zero-order chi connectivity index (χ0) is 21.1. The van der Waals surface area contributed by atoms with Gasteiger partial charge in [0.05, 0.1) is 12.5 Å². The van der Waals surface area contributed by atoms with Crippen LogP contribution in [0.15, 0.2) is 67.0 Å². The molecule has 2 N–H and O–H groups in total. The van der Waals surface area contributed by atoms with Gasteiger partial charge in [0.15, 0.2) is 0 Å². The number of carboxylic acids is 1. The number of carbonyl (C=O) groups excluding carboxylic acids is 1. The normalized spacial score (nSPS) is 13.2. The summed E-state index contributed by atoms with van der Waals surface area (Å²) in [5.74, 6) is -1.06. The quantitative estimate of drug-likeness (QED) is 0.636. The zero-order valence-corrected chi connectivity index (χ0v) is 16.5. The summed E-state index contributed by atoms with van der Waals surface area (Å²) >= 11 is 0. The monoisotopic (exact) mass is 402 g/mol. The molecule has 6 heteroatoms. The van der Waals surface area contributed by atoms with E-state index in [1.807, 2.05) is 31.2 Å². The first kappa shape index (κ1) is 19.6. The summed E-state index contributed by atoms with van der Waals surface area (Å²) in [4.78, 5) is 27.9. The van der Waals surface area contributed by atoms with Crippen molar-refractivity contribution < 1.29 is 19.4 Å². The van der Waals surface area contributed by atoms with Crippen LogP contribution in [0.1, 0.15) is 40.6 Å². The summed E-state index contributed by atoms with van der Waals surface area (Å²) in [7, 11) is 0. The molecule has 1 heterocycles. The smallest absolute Gasteiger partial charge is 0.407 e. The van der Waals surface area contributed by atoms with E-state index in [0.29, 0.717) is 5.56 Å². The lowest BCUT2D eigenvalue weighted by Gasteiger charge is -2.20. The van der Waals surface area contributed by atoms with E-state index in [1.54, 1.807) is 18.5 Å². The second kappa shape index (κ2) is 8.37. The van der Waals surface area contributed by atoms with Crippen LogP contribution in [0.5, 0.6) is 0 Å². The molecule has 1 unspecified atom stereocenters. The van der Waals surface area contributed by atoms with Crippen molar-refractivity contribution >= 4 is 12.1 Å². The molecule has 0 saturated heterocycles. The Kier molecular flexibility index (Phi) is 5.48. The number of aryl methyl sites for hydroxylation is 1. The van der Waals surface area contributed by atoms with Gasteiger partial charge < -0.3 is 15.2 Å². The number of ether oxygens (including phenoxy) is 1. The lowest BCUT2D eigenvalue weighted by Crippen LogP contribution is -2.32. The Morgan fingerprint density at radius 3 is 2.30 bits per heavy atom. The Labute approximate surface area is 174 Å². The molecule has 4 rings (SSSR count). The van der Waals surface area contributed by atoms with Gasteiger partial charge in [0.1, 0.15) is 6.61 Å². The van der Waals surface area contributed by atoms with Crippen LogP contribution in [0.3, 0.4) is 0 Å². The van der Waals surface area contributed by atoms with Crippen LogP contribution in [-0.2, 0) is 9.53 Å². The number of hydrogen-bond donors (Lipinski definition) is 2. The van der Waals surface area contributed by atoms with Crippen molar-refractivity contribution in [1.29, 1.82) is 0 Å². The third kappa shape index (κ3) is 3.89.